The predicted octanol–water partition coefficient (Wildman–Crippen LogP) is 2.17. The van der Waals surface area contributed by atoms with Crippen LogP contribution in [0.2, 0.25) is 0 Å². The van der Waals surface area contributed by atoms with Crippen LogP contribution in [0.1, 0.15) is 18.9 Å². The minimum absolute atomic E-state index is 0.426. The fourth-order valence-electron chi connectivity index (χ4n) is 3.43. The summed E-state index contributed by atoms with van der Waals surface area (Å²) in [6, 6.07) is 8.23. The third-order valence-electron chi connectivity index (χ3n) is 4.77. The van der Waals surface area contributed by atoms with Crippen LogP contribution < -0.4 is 17.2 Å². The van der Waals surface area contributed by atoms with Crippen LogP contribution in [-0.2, 0) is 0 Å². The van der Waals surface area contributed by atoms with Gasteiger partial charge in [0.05, 0.1) is 5.39 Å². The largest absolute Gasteiger partial charge is 0.399 e. The van der Waals surface area contributed by atoms with Crippen LogP contribution >= 0.6 is 0 Å². The standard InChI is InChI=1S/C17H20N6/c18-7-10-4-13(5-10)23-8-14(11-2-1-3-12(19)6-11)15-16(20)21-9-22-17(15)23/h1-3,6,8-10,13H,4-5,7,18-19H2,(H2,20,21,22). The Morgan fingerprint density at radius 3 is 2.74 bits per heavy atom. The van der Waals surface area contributed by atoms with E-state index in [1.54, 1.807) is 0 Å². The van der Waals surface area contributed by atoms with E-state index in [9.17, 15) is 0 Å². The van der Waals surface area contributed by atoms with Crippen LogP contribution in [0, 0.1) is 5.92 Å². The molecule has 0 atom stereocenters. The van der Waals surface area contributed by atoms with E-state index in [-0.39, 0.29) is 0 Å². The highest BCUT2D eigenvalue weighted by molar-refractivity contribution is 6.01. The maximum Gasteiger partial charge on any atom is 0.146 e. The van der Waals surface area contributed by atoms with Gasteiger partial charge in [0.1, 0.15) is 17.8 Å². The van der Waals surface area contributed by atoms with E-state index in [4.69, 9.17) is 17.2 Å². The molecular formula is C17H20N6. The Balaban J connectivity index is 1.88. The van der Waals surface area contributed by atoms with Crippen molar-refractivity contribution in [1.29, 1.82) is 0 Å². The molecule has 6 nitrogen and oxygen atoms in total. The van der Waals surface area contributed by atoms with E-state index in [1.807, 2.05) is 24.3 Å². The van der Waals surface area contributed by atoms with Gasteiger partial charge < -0.3 is 21.8 Å². The zero-order valence-electron chi connectivity index (χ0n) is 12.8. The van der Waals surface area contributed by atoms with Crippen molar-refractivity contribution in [2.24, 2.45) is 11.7 Å². The Kier molecular flexibility index (Phi) is 3.20. The average molecular weight is 308 g/mol. The molecule has 0 unspecified atom stereocenters. The van der Waals surface area contributed by atoms with Crippen LogP contribution in [0.4, 0.5) is 11.5 Å². The van der Waals surface area contributed by atoms with E-state index in [0.29, 0.717) is 17.8 Å². The molecule has 0 saturated heterocycles. The third-order valence-corrected chi connectivity index (χ3v) is 4.77. The second-order valence-corrected chi connectivity index (χ2v) is 6.26. The molecule has 1 aromatic carbocycles. The molecule has 0 radical (unpaired) electrons. The Morgan fingerprint density at radius 1 is 1.17 bits per heavy atom. The molecule has 4 rings (SSSR count). The van der Waals surface area contributed by atoms with Crippen molar-refractivity contribution >= 4 is 22.5 Å². The summed E-state index contributed by atoms with van der Waals surface area (Å²) in [5.41, 5.74) is 21.5. The summed E-state index contributed by atoms with van der Waals surface area (Å²) in [5.74, 6) is 1.10. The van der Waals surface area contributed by atoms with Gasteiger partial charge in [-0.1, -0.05) is 12.1 Å². The molecule has 1 aliphatic carbocycles. The summed E-state index contributed by atoms with van der Waals surface area (Å²) >= 11 is 0. The van der Waals surface area contributed by atoms with E-state index >= 15 is 0 Å². The summed E-state index contributed by atoms with van der Waals surface area (Å²) in [5, 5.41) is 0.897. The maximum atomic E-state index is 6.14. The number of nitrogens with zero attached hydrogens (tertiary/aromatic N) is 3. The molecule has 0 bridgehead atoms. The van der Waals surface area contributed by atoms with Crippen molar-refractivity contribution in [3.63, 3.8) is 0 Å². The van der Waals surface area contributed by atoms with Crippen molar-refractivity contribution in [1.82, 2.24) is 14.5 Å². The summed E-state index contributed by atoms with van der Waals surface area (Å²) in [6.45, 7) is 0.745. The minimum atomic E-state index is 0.426. The molecule has 0 amide bonds. The zero-order chi connectivity index (χ0) is 16.0. The second kappa shape index (κ2) is 5.24. The normalized spacial score (nSPS) is 20.6. The van der Waals surface area contributed by atoms with Crippen LogP contribution in [0.3, 0.4) is 0 Å². The molecule has 1 aliphatic rings. The van der Waals surface area contributed by atoms with Gasteiger partial charge in [-0.05, 0) is 43.0 Å². The number of hydrogen-bond acceptors (Lipinski definition) is 5. The first-order chi connectivity index (χ1) is 11.2. The molecule has 118 valence electrons. The SMILES string of the molecule is NCC1CC(n2cc(-c3cccc(N)c3)c3c(N)ncnc32)C1. The zero-order valence-corrected chi connectivity index (χ0v) is 12.8. The van der Waals surface area contributed by atoms with E-state index in [1.165, 1.54) is 6.33 Å². The molecule has 0 aliphatic heterocycles. The lowest BCUT2D eigenvalue weighted by molar-refractivity contribution is 0.209. The lowest BCUT2D eigenvalue weighted by Gasteiger charge is -2.35. The number of fused-ring (bicyclic) bond motifs is 1. The molecule has 23 heavy (non-hydrogen) atoms. The van der Waals surface area contributed by atoms with Crippen molar-refractivity contribution in [2.75, 3.05) is 18.0 Å². The van der Waals surface area contributed by atoms with E-state index < -0.39 is 0 Å². The third kappa shape index (κ3) is 2.22. The molecule has 3 aromatic rings. The summed E-state index contributed by atoms with van der Waals surface area (Å²) in [7, 11) is 0. The fourth-order valence-corrected chi connectivity index (χ4v) is 3.43. The van der Waals surface area contributed by atoms with Crippen molar-refractivity contribution in [3.8, 4) is 11.1 Å². The van der Waals surface area contributed by atoms with Gasteiger partial charge in [0.2, 0.25) is 0 Å². The van der Waals surface area contributed by atoms with Crippen LogP contribution in [0.15, 0.2) is 36.8 Å². The van der Waals surface area contributed by atoms with Crippen molar-refractivity contribution in [3.05, 3.63) is 36.8 Å². The smallest absolute Gasteiger partial charge is 0.146 e. The second-order valence-electron chi connectivity index (χ2n) is 6.26. The Labute approximate surface area is 134 Å². The molecule has 6 heteroatoms. The average Bonchev–Trinajstić information content (AvgIpc) is 2.87. The number of benzene rings is 1. The highest BCUT2D eigenvalue weighted by Gasteiger charge is 2.31. The van der Waals surface area contributed by atoms with Gasteiger partial charge >= 0.3 is 0 Å². The highest BCUT2D eigenvalue weighted by atomic mass is 15.1. The Hall–Kier alpha value is -2.60. The number of nitrogen functional groups attached to an aromatic ring is 2. The number of aromatic nitrogens is 3. The van der Waals surface area contributed by atoms with E-state index in [0.717, 1.165) is 47.2 Å². The molecule has 0 spiro atoms. The van der Waals surface area contributed by atoms with Gasteiger partial charge in [0.25, 0.3) is 0 Å². The molecule has 1 fully saturated rings. The molecular weight excluding hydrogens is 288 g/mol. The quantitative estimate of drug-likeness (QED) is 0.642. The molecule has 1 saturated carbocycles. The van der Waals surface area contributed by atoms with Gasteiger partial charge in [0.15, 0.2) is 0 Å². The summed E-state index contributed by atoms with van der Waals surface area (Å²) in [6.07, 6.45) is 5.82. The first kappa shape index (κ1) is 14.0. The Bertz CT molecular complexity index is 863. The van der Waals surface area contributed by atoms with Gasteiger partial charge in [-0.15, -0.1) is 0 Å². The maximum absolute atomic E-state index is 6.14. The van der Waals surface area contributed by atoms with Gasteiger partial charge in [-0.25, -0.2) is 9.97 Å². The predicted molar refractivity (Wildman–Crippen MR) is 92.6 cm³/mol. The minimum Gasteiger partial charge on any atom is -0.399 e. The number of hydrogen-bond donors (Lipinski definition) is 3. The molecule has 6 N–H and O–H groups in total. The van der Waals surface area contributed by atoms with Gasteiger partial charge in [-0.3, -0.25) is 0 Å². The number of anilines is 2. The van der Waals surface area contributed by atoms with Gasteiger partial charge in [-0.2, -0.15) is 0 Å². The first-order valence-electron chi connectivity index (χ1n) is 7.84. The van der Waals surface area contributed by atoms with Gasteiger partial charge in [0, 0.05) is 23.5 Å². The number of nitrogens with two attached hydrogens (primary N) is 3. The van der Waals surface area contributed by atoms with Crippen LogP contribution in [0.25, 0.3) is 22.2 Å². The molecule has 2 heterocycles. The summed E-state index contributed by atoms with van der Waals surface area (Å²) in [4.78, 5) is 8.64. The highest BCUT2D eigenvalue weighted by Crippen LogP contribution is 2.42. The van der Waals surface area contributed by atoms with E-state index in [2.05, 4.69) is 20.7 Å². The fraction of sp³-hybridized carbons (Fsp3) is 0.294. The monoisotopic (exact) mass is 308 g/mol. The summed E-state index contributed by atoms with van der Waals surface area (Å²) < 4.78 is 2.22. The van der Waals surface area contributed by atoms with Crippen molar-refractivity contribution in [2.45, 2.75) is 18.9 Å². The topological polar surface area (TPSA) is 109 Å². The lowest BCUT2D eigenvalue weighted by atomic mass is 9.80. The first-order valence-corrected chi connectivity index (χ1v) is 7.84. The Morgan fingerprint density at radius 2 is 2.00 bits per heavy atom. The number of rotatable bonds is 3. The lowest BCUT2D eigenvalue weighted by Crippen LogP contribution is -2.31. The molecule has 2 aromatic heterocycles. The van der Waals surface area contributed by atoms with Crippen LogP contribution in [-0.4, -0.2) is 21.1 Å². The van der Waals surface area contributed by atoms with Crippen molar-refractivity contribution < 1.29 is 0 Å². The van der Waals surface area contributed by atoms with Crippen LogP contribution in [0.5, 0.6) is 0 Å².